The van der Waals surface area contributed by atoms with Gasteiger partial charge in [0.05, 0.1) is 11.9 Å². The van der Waals surface area contributed by atoms with Gasteiger partial charge in [-0.25, -0.2) is 8.42 Å². The highest BCUT2D eigenvalue weighted by Gasteiger charge is 2.32. The lowest BCUT2D eigenvalue weighted by Gasteiger charge is -2.21. The van der Waals surface area contributed by atoms with Gasteiger partial charge in [0, 0.05) is 20.9 Å². The molecule has 1 amide bonds. The molecule has 0 aromatic heterocycles. The van der Waals surface area contributed by atoms with Crippen LogP contribution in [0.4, 0.5) is 11.4 Å². The number of hydrogen-bond donors (Lipinski definition) is 1. The number of nitrogens with zero attached hydrogens (tertiary/aromatic N) is 1. The lowest BCUT2D eigenvalue weighted by atomic mass is 10.1. The molecular formula is C17H17IN2O3S. The van der Waals surface area contributed by atoms with Crippen LogP contribution in [-0.4, -0.2) is 26.6 Å². The molecule has 0 spiro atoms. The van der Waals surface area contributed by atoms with E-state index in [2.05, 4.69) is 27.9 Å². The van der Waals surface area contributed by atoms with E-state index < -0.39 is 10.0 Å². The van der Waals surface area contributed by atoms with E-state index in [1.54, 1.807) is 18.2 Å². The summed E-state index contributed by atoms with van der Waals surface area (Å²) in [5, 5.41) is 2.86. The molecule has 0 fully saturated rings. The zero-order valence-corrected chi connectivity index (χ0v) is 16.3. The van der Waals surface area contributed by atoms with Crippen molar-refractivity contribution in [2.45, 2.75) is 19.4 Å². The molecule has 1 aliphatic heterocycles. The minimum Gasteiger partial charge on any atom is -0.322 e. The SMILES string of the molecule is CC1Cc2cc(C(=O)Nc3ccc(I)cc3)ccc2N1S(C)(=O)=O. The molecule has 1 unspecified atom stereocenters. The Balaban J connectivity index is 1.86. The van der Waals surface area contributed by atoms with E-state index in [1.165, 1.54) is 10.6 Å². The molecule has 126 valence electrons. The summed E-state index contributed by atoms with van der Waals surface area (Å²) in [5.41, 5.74) is 2.79. The van der Waals surface area contributed by atoms with Gasteiger partial charge in [0.25, 0.3) is 5.91 Å². The fourth-order valence-corrected chi connectivity index (χ4v) is 4.61. The van der Waals surface area contributed by atoms with Crippen molar-refractivity contribution in [3.63, 3.8) is 0 Å². The molecule has 0 bridgehead atoms. The van der Waals surface area contributed by atoms with Crippen molar-refractivity contribution < 1.29 is 13.2 Å². The number of fused-ring (bicyclic) bond motifs is 1. The van der Waals surface area contributed by atoms with Crippen LogP contribution in [0.15, 0.2) is 42.5 Å². The van der Waals surface area contributed by atoms with Crippen LogP contribution < -0.4 is 9.62 Å². The van der Waals surface area contributed by atoms with E-state index in [0.29, 0.717) is 17.7 Å². The average Bonchev–Trinajstić information content (AvgIpc) is 2.84. The lowest BCUT2D eigenvalue weighted by molar-refractivity contribution is 0.102. The number of sulfonamides is 1. The Kier molecular flexibility index (Phi) is 4.56. The molecule has 5 nitrogen and oxygen atoms in total. The van der Waals surface area contributed by atoms with Gasteiger partial charge in [-0.3, -0.25) is 9.10 Å². The molecule has 0 saturated heterocycles. The van der Waals surface area contributed by atoms with Gasteiger partial charge in [-0.15, -0.1) is 0 Å². The number of rotatable bonds is 3. The number of anilines is 2. The maximum atomic E-state index is 12.4. The standard InChI is InChI=1S/C17H17IN2O3S/c1-11-9-13-10-12(3-8-16(13)20(11)24(2,22)23)17(21)19-15-6-4-14(18)5-7-15/h3-8,10-11H,9H2,1-2H3,(H,19,21). The summed E-state index contributed by atoms with van der Waals surface area (Å²) in [6.45, 7) is 1.87. The lowest BCUT2D eigenvalue weighted by Crippen LogP contribution is -2.34. The van der Waals surface area contributed by atoms with Crippen molar-refractivity contribution in [3.8, 4) is 0 Å². The van der Waals surface area contributed by atoms with Gasteiger partial charge in [-0.05, 0) is 84.0 Å². The molecule has 24 heavy (non-hydrogen) atoms. The summed E-state index contributed by atoms with van der Waals surface area (Å²) >= 11 is 2.21. The fraction of sp³-hybridized carbons (Fsp3) is 0.235. The average molecular weight is 456 g/mol. The smallest absolute Gasteiger partial charge is 0.255 e. The monoisotopic (exact) mass is 456 g/mol. The number of halogens is 1. The zero-order chi connectivity index (χ0) is 17.5. The number of carbonyl (C=O) groups excluding carboxylic acids is 1. The third kappa shape index (κ3) is 3.41. The summed E-state index contributed by atoms with van der Waals surface area (Å²) in [4.78, 5) is 12.4. The van der Waals surface area contributed by atoms with E-state index in [-0.39, 0.29) is 11.9 Å². The van der Waals surface area contributed by atoms with Crippen LogP contribution in [0.25, 0.3) is 0 Å². The summed E-state index contributed by atoms with van der Waals surface area (Å²) in [5.74, 6) is -0.204. The minimum absolute atomic E-state index is 0.135. The van der Waals surface area contributed by atoms with Gasteiger partial charge in [-0.2, -0.15) is 0 Å². The van der Waals surface area contributed by atoms with Crippen molar-refractivity contribution in [2.75, 3.05) is 15.9 Å². The van der Waals surface area contributed by atoms with Crippen molar-refractivity contribution in [2.24, 2.45) is 0 Å². The maximum absolute atomic E-state index is 12.4. The Morgan fingerprint density at radius 3 is 2.50 bits per heavy atom. The van der Waals surface area contributed by atoms with Crippen LogP contribution in [0, 0.1) is 3.57 Å². The van der Waals surface area contributed by atoms with E-state index in [4.69, 9.17) is 0 Å². The Morgan fingerprint density at radius 1 is 1.21 bits per heavy atom. The van der Waals surface area contributed by atoms with Gasteiger partial charge in [0.1, 0.15) is 0 Å². The highest BCUT2D eigenvalue weighted by Crippen LogP contribution is 2.34. The van der Waals surface area contributed by atoms with Crippen molar-refractivity contribution in [1.82, 2.24) is 0 Å². The molecule has 1 N–H and O–H groups in total. The van der Waals surface area contributed by atoms with Crippen LogP contribution in [0.5, 0.6) is 0 Å². The molecule has 0 aliphatic carbocycles. The van der Waals surface area contributed by atoms with Gasteiger partial charge in [0.2, 0.25) is 10.0 Å². The number of nitrogens with one attached hydrogen (secondary N) is 1. The Labute approximate surface area is 155 Å². The summed E-state index contributed by atoms with van der Waals surface area (Å²) < 4.78 is 26.4. The second-order valence-corrected chi connectivity index (χ2v) is 9.02. The van der Waals surface area contributed by atoms with Gasteiger partial charge in [0.15, 0.2) is 0 Å². The summed E-state index contributed by atoms with van der Waals surface area (Å²) in [6.07, 6.45) is 1.81. The molecule has 1 heterocycles. The molecule has 2 aromatic carbocycles. The molecule has 2 aromatic rings. The molecule has 1 atom stereocenters. The molecule has 7 heteroatoms. The minimum atomic E-state index is -3.32. The van der Waals surface area contributed by atoms with E-state index >= 15 is 0 Å². The summed E-state index contributed by atoms with van der Waals surface area (Å²) in [6, 6.07) is 12.6. The number of benzene rings is 2. The van der Waals surface area contributed by atoms with Crippen molar-refractivity contribution >= 4 is 49.9 Å². The topological polar surface area (TPSA) is 66.5 Å². The third-order valence-corrected chi connectivity index (χ3v) is 5.94. The Hall–Kier alpha value is -1.61. The third-order valence-electron chi connectivity index (χ3n) is 3.95. The van der Waals surface area contributed by atoms with E-state index in [1.807, 2.05) is 31.2 Å². The van der Waals surface area contributed by atoms with Crippen LogP contribution in [-0.2, 0) is 16.4 Å². The molecular weight excluding hydrogens is 439 g/mol. The van der Waals surface area contributed by atoms with Crippen LogP contribution in [0.2, 0.25) is 0 Å². The predicted molar refractivity (Wildman–Crippen MR) is 104 cm³/mol. The zero-order valence-electron chi connectivity index (χ0n) is 13.3. The van der Waals surface area contributed by atoms with Crippen LogP contribution in [0.1, 0.15) is 22.8 Å². The largest absolute Gasteiger partial charge is 0.322 e. The molecule has 0 radical (unpaired) electrons. The van der Waals surface area contributed by atoms with Gasteiger partial charge < -0.3 is 5.32 Å². The molecule has 1 aliphatic rings. The van der Waals surface area contributed by atoms with Crippen LogP contribution in [0.3, 0.4) is 0 Å². The Bertz CT molecular complexity index is 895. The predicted octanol–water partition coefficient (Wildman–Crippen LogP) is 3.25. The van der Waals surface area contributed by atoms with Gasteiger partial charge in [-0.1, -0.05) is 0 Å². The summed E-state index contributed by atoms with van der Waals surface area (Å²) in [7, 11) is -3.32. The molecule has 0 saturated carbocycles. The van der Waals surface area contributed by atoms with Gasteiger partial charge >= 0.3 is 0 Å². The first-order valence-corrected chi connectivity index (χ1v) is 10.4. The van der Waals surface area contributed by atoms with E-state index in [0.717, 1.165) is 14.8 Å². The number of amides is 1. The number of hydrogen-bond acceptors (Lipinski definition) is 3. The first-order chi connectivity index (χ1) is 11.3. The second-order valence-electron chi connectivity index (χ2n) is 5.92. The fourth-order valence-electron chi connectivity index (χ4n) is 2.99. The number of carbonyl (C=O) groups is 1. The second kappa shape index (κ2) is 6.36. The van der Waals surface area contributed by atoms with Crippen molar-refractivity contribution in [1.29, 1.82) is 0 Å². The first kappa shape index (κ1) is 17.2. The van der Waals surface area contributed by atoms with E-state index in [9.17, 15) is 13.2 Å². The quantitative estimate of drug-likeness (QED) is 0.722. The normalized spacial score (nSPS) is 16.8. The maximum Gasteiger partial charge on any atom is 0.255 e. The highest BCUT2D eigenvalue weighted by atomic mass is 127. The molecule has 3 rings (SSSR count). The first-order valence-electron chi connectivity index (χ1n) is 7.45. The highest BCUT2D eigenvalue weighted by molar-refractivity contribution is 14.1. The van der Waals surface area contributed by atoms with Crippen LogP contribution >= 0.6 is 22.6 Å². The van der Waals surface area contributed by atoms with Crippen molar-refractivity contribution in [3.05, 3.63) is 57.2 Å². The Morgan fingerprint density at radius 2 is 1.88 bits per heavy atom.